The number of nitrogens with zero attached hydrogens (tertiary/aromatic N) is 1. The second-order valence-electron chi connectivity index (χ2n) is 8.52. The fraction of sp³-hybridized carbons (Fsp3) is 0.250. The molecule has 0 fully saturated rings. The van der Waals surface area contributed by atoms with E-state index in [1.165, 1.54) is 12.3 Å². The lowest BCUT2D eigenvalue weighted by molar-refractivity contribution is -0.132. The van der Waals surface area contributed by atoms with E-state index in [2.05, 4.69) is 15.8 Å². The minimum atomic E-state index is -0.923. The Morgan fingerprint density at radius 1 is 0.892 bits per heavy atom. The third-order valence-corrected chi connectivity index (χ3v) is 5.67. The van der Waals surface area contributed by atoms with Crippen LogP contribution in [0.5, 0.6) is 11.5 Å². The van der Waals surface area contributed by atoms with E-state index >= 15 is 0 Å². The van der Waals surface area contributed by atoms with Crippen molar-refractivity contribution < 1.29 is 19.1 Å². The summed E-state index contributed by atoms with van der Waals surface area (Å²) in [5.74, 6) is -0.00433. The molecular formula is C28H29Cl2N3O4. The van der Waals surface area contributed by atoms with Crippen molar-refractivity contribution in [3.8, 4) is 11.5 Å². The molecule has 0 saturated carbocycles. The maximum absolute atomic E-state index is 13.1. The molecule has 0 heterocycles. The van der Waals surface area contributed by atoms with Gasteiger partial charge in [0.15, 0.2) is 6.10 Å². The fourth-order valence-corrected chi connectivity index (χ4v) is 3.81. The Bertz CT molecular complexity index is 1240. The highest BCUT2D eigenvalue weighted by atomic mass is 35.5. The van der Waals surface area contributed by atoms with E-state index in [9.17, 15) is 9.59 Å². The molecule has 2 amide bonds. The molecule has 0 unspecified atom stereocenters. The smallest absolute Gasteiger partial charge is 0.262 e. The molecule has 37 heavy (non-hydrogen) atoms. The number of carbonyl (C=O) groups is 2. The van der Waals surface area contributed by atoms with E-state index in [0.29, 0.717) is 22.1 Å². The maximum atomic E-state index is 13.1. The van der Waals surface area contributed by atoms with Gasteiger partial charge in [-0.15, -0.1) is 0 Å². The zero-order valence-corrected chi connectivity index (χ0v) is 22.3. The number of rotatable bonds is 11. The van der Waals surface area contributed by atoms with Crippen LogP contribution in [0.2, 0.25) is 10.0 Å². The lowest BCUT2D eigenvalue weighted by atomic mass is 10.1. The molecule has 3 aromatic rings. The zero-order chi connectivity index (χ0) is 26.8. The van der Waals surface area contributed by atoms with Crippen molar-refractivity contribution in [1.29, 1.82) is 0 Å². The number of benzene rings is 3. The highest BCUT2D eigenvalue weighted by Crippen LogP contribution is 2.28. The highest BCUT2D eigenvalue weighted by molar-refractivity contribution is 6.35. The van der Waals surface area contributed by atoms with Gasteiger partial charge >= 0.3 is 0 Å². The van der Waals surface area contributed by atoms with Crippen molar-refractivity contribution in [1.82, 2.24) is 10.7 Å². The summed E-state index contributed by atoms with van der Waals surface area (Å²) in [6, 6.07) is 20.6. The number of halogens is 2. The predicted octanol–water partition coefficient (Wildman–Crippen LogP) is 5.43. The van der Waals surface area contributed by atoms with Gasteiger partial charge in [-0.05, 0) is 56.7 Å². The summed E-state index contributed by atoms with van der Waals surface area (Å²) in [6.07, 6.45) is 0.829. The van der Waals surface area contributed by atoms with E-state index in [1.807, 2.05) is 68.4 Å². The van der Waals surface area contributed by atoms with Crippen LogP contribution in [-0.2, 0) is 16.0 Å². The first kappa shape index (κ1) is 28.0. The van der Waals surface area contributed by atoms with Gasteiger partial charge in [0.25, 0.3) is 11.8 Å². The summed E-state index contributed by atoms with van der Waals surface area (Å²) >= 11 is 12.1. The van der Waals surface area contributed by atoms with Crippen molar-refractivity contribution in [3.63, 3.8) is 0 Å². The van der Waals surface area contributed by atoms with Gasteiger partial charge in [0, 0.05) is 17.0 Å². The molecule has 7 nitrogen and oxygen atoms in total. The van der Waals surface area contributed by atoms with Crippen LogP contribution in [0.25, 0.3) is 0 Å². The molecule has 0 bridgehead atoms. The molecule has 9 heteroatoms. The number of para-hydroxylation sites is 1. The summed E-state index contributed by atoms with van der Waals surface area (Å²) in [5.41, 5.74) is 4.11. The van der Waals surface area contributed by atoms with Crippen LogP contribution in [-0.4, -0.2) is 36.3 Å². The van der Waals surface area contributed by atoms with E-state index in [1.54, 1.807) is 19.1 Å². The van der Waals surface area contributed by atoms with Crippen LogP contribution in [0.3, 0.4) is 0 Å². The first-order chi connectivity index (χ1) is 17.7. The number of nitrogens with one attached hydrogen (secondary N) is 2. The normalized spacial score (nSPS) is 12.7. The summed E-state index contributed by atoms with van der Waals surface area (Å²) in [4.78, 5) is 26.0. The van der Waals surface area contributed by atoms with Crippen LogP contribution >= 0.6 is 23.2 Å². The average molecular weight is 542 g/mol. The van der Waals surface area contributed by atoms with Gasteiger partial charge in [-0.2, -0.15) is 5.10 Å². The quantitative estimate of drug-likeness (QED) is 0.250. The molecule has 0 aromatic heterocycles. The molecule has 194 valence electrons. The van der Waals surface area contributed by atoms with Crippen molar-refractivity contribution in [2.75, 3.05) is 0 Å². The molecule has 0 aliphatic carbocycles. The molecule has 0 spiro atoms. The number of hydrogen-bond acceptors (Lipinski definition) is 5. The van der Waals surface area contributed by atoms with Crippen LogP contribution in [0.15, 0.2) is 77.9 Å². The number of hydrazone groups is 1. The second kappa shape index (κ2) is 13.7. The molecule has 0 aliphatic rings. The molecule has 3 aromatic carbocycles. The Morgan fingerprint density at radius 3 is 2.30 bits per heavy atom. The molecule has 2 N–H and O–H groups in total. The van der Waals surface area contributed by atoms with Crippen LogP contribution < -0.4 is 20.2 Å². The van der Waals surface area contributed by atoms with E-state index in [0.717, 1.165) is 5.56 Å². The topological polar surface area (TPSA) is 89.0 Å². The van der Waals surface area contributed by atoms with Gasteiger partial charge < -0.3 is 14.8 Å². The zero-order valence-electron chi connectivity index (χ0n) is 20.8. The van der Waals surface area contributed by atoms with Crippen LogP contribution in [0.4, 0.5) is 0 Å². The third kappa shape index (κ3) is 8.81. The van der Waals surface area contributed by atoms with Gasteiger partial charge in [0.1, 0.15) is 17.5 Å². The van der Waals surface area contributed by atoms with Gasteiger partial charge in [-0.25, -0.2) is 5.43 Å². The van der Waals surface area contributed by atoms with Crippen molar-refractivity contribution in [2.24, 2.45) is 5.10 Å². The lowest BCUT2D eigenvalue weighted by Crippen LogP contribution is -2.50. The molecular weight excluding hydrogens is 513 g/mol. The summed E-state index contributed by atoms with van der Waals surface area (Å²) in [7, 11) is 0. The summed E-state index contributed by atoms with van der Waals surface area (Å²) < 4.78 is 11.5. The number of hydrogen-bond donors (Lipinski definition) is 2. The van der Waals surface area contributed by atoms with Crippen molar-refractivity contribution in [3.05, 3.63) is 94.0 Å². The molecule has 2 atom stereocenters. The van der Waals surface area contributed by atoms with Gasteiger partial charge in [0.05, 0.1) is 17.3 Å². The van der Waals surface area contributed by atoms with Gasteiger partial charge in [-0.1, -0.05) is 65.7 Å². The number of ether oxygens (including phenoxy) is 2. The second-order valence-corrected chi connectivity index (χ2v) is 9.37. The average Bonchev–Trinajstić information content (AvgIpc) is 2.86. The Labute approximate surface area is 226 Å². The van der Waals surface area contributed by atoms with Crippen molar-refractivity contribution in [2.45, 2.75) is 45.4 Å². The Hall–Kier alpha value is -3.55. The predicted molar refractivity (Wildman–Crippen MR) is 147 cm³/mol. The van der Waals surface area contributed by atoms with Crippen LogP contribution in [0.1, 0.15) is 31.9 Å². The van der Waals surface area contributed by atoms with E-state index in [-0.39, 0.29) is 17.5 Å². The molecule has 0 aliphatic heterocycles. The first-order valence-corrected chi connectivity index (χ1v) is 12.5. The first-order valence-electron chi connectivity index (χ1n) is 11.8. The standard InChI is InChI=1S/C28H29Cl2N3O4/c1-18(2)36-25-12-8-7-11-21(25)17-31-33-28(35)24(15-20-9-5-4-6-10-20)32-27(34)19(3)37-26-14-13-22(29)16-23(26)30/h4-14,16-19,24H,15H2,1-3H3,(H,32,34)(H,33,35)/b31-17-/t19-,24-/m1/s1. The third-order valence-electron chi connectivity index (χ3n) is 5.14. The molecule has 0 saturated heterocycles. The van der Waals surface area contributed by atoms with E-state index < -0.39 is 24.0 Å². The monoisotopic (exact) mass is 541 g/mol. The minimum Gasteiger partial charge on any atom is -0.490 e. The Balaban J connectivity index is 1.70. The minimum absolute atomic E-state index is 0.0124. The Kier molecular flexibility index (Phi) is 10.4. The maximum Gasteiger partial charge on any atom is 0.262 e. The SMILES string of the molecule is CC(C)Oc1ccccc1/C=N\NC(=O)[C@@H](Cc1ccccc1)NC(=O)[C@@H](C)Oc1ccc(Cl)cc1Cl. The summed E-state index contributed by atoms with van der Waals surface area (Å²) in [6.45, 7) is 5.43. The number of carbonyl (C=O) groups excluding carboxylic acids is 2. The largest absolute Gasteiger partial charge is 0.490 e. The lowest BCUT2D eigenvalue weighted by Gasteiger charge is -2.21. The highest BCUT2D eigenvalue weighted by Gasteiger charge is 2.25. The van der Waals surface area contributed by atoms with Gasteiger partial charge in [-0.3, -0.25) is 9.59 Å². The van der Waals surface area contributed by atoms with E-state index in [4.69, 9.17) is 32.7 Å². The van der Waals surface area contributed by atoms with Crippen molar-refractivity contribution >= 4 is 41.2 Å². The summed E-state index contributed by atoms with van der Waals surface area (Å²) in [5, 5.41) is 7.58. The molecule has 0 radical (unpaired) electrons. The van der Waals surface area contributed by atoms with Gasteiger partial charge in [0.2, 0.25) is 0 Å². The number of amides is 2. The molecule has 3 rings (SSSR count). The van der Waals surface area contributed by atoms with Crippen LogP contribution in [0, 0.1) is 0 Å². The fourth-order valence-electron chi connectivity index (χ4n) is 3.35. The Morgan fingerprint density at radius 2 is 1.59 bits per heavy atom.